The van der Waals surface area contributed by atoms with Crippen molar-refractivity contribution >= 4 is 6.09 Å². The van der Waals surface area contributed by atoms with Gasteiger partial charge in [0.05, 0.1) is 19.2 Å². The van der Waals surface area contributed by atoms with Crippen molar-refractivity contribution in [2.45, 2.75) is 25.9 Å². The minimum Gasteiger partial charge on any atom is -0.453 e. The van der Waals surface area contributed by atoms with Gasteiger partial charge in [-0.1, -0.05) is 26.0 Å². The summed E-state index contributed by atoms with van der Waals surface area (Å²) in [6.07, 6.45) is 4.20. The molecule has 1 fully saturated rings. The van der Waals surface area contributed by atoms with Crippen LogP contribution < -0.4 is 0 Å². The summed E-state index contributed by atoms with van der Waals surface area (Å²) >= 11 is 0. The van der Waals surface area contributed by atoms with E-state index in [9.17, 15) is 4.79 Å². The van der Waals surface area contributed by atoms with Crippen LogP contribution in [0.25, 0.3) is 0 Å². The molecule has 3 nitrogen and oxygen atoms in total. The lowest BCUT2D eigenvalue weighted by Crippen LogP contribution is -2.16. The van der Waals surface area contributed by atoms with E-state index in [-0.39, 0.29) is 6.09 Å². The van der Waals surface area contributed by atoms with Crippen molar-refractivity contribution in [3.8, 4) is 0 Å². The number of hydrogen-bond acceptors (Lipinski definition) is 2. The van der Waals surface area contributed by atoms with Gasteiger partial charge in [-0.15, -0.1) is 0 Å². The highest BCUT2D eigenvalue weighted by atomic mass is 16.5. The van der Waals surface area contributed by atoms with Crippen LogP contribution in [0, 0.1) is 11.8 Å². The summed E-state index contributed by atoms with van der Waals surface area (Å²) in [5.41, 5.74) is 0. The Hall–Kier alpha value is -0.990. The predicted octanol–water partition coefficient (Wildman–Crippen LogP) is 1.65. The van der Waals surface area contributed by atoms with Gasteiger partial charge >= 0.3 is 6.09 Å². The van der Waals surface area contributed by atoms with E-state index < -0.39 is 0 Å². The van der Waals surface area contributed by atoms with Crippen molar-refractivity contribution in [3.05, 3.63) is 12.2 Å². The van der Waals surface area contributed by atoms with Crippen molar-refractivity contribution in [1.29, 1.82) is 0 Å². The molecule has 13 heavy (non-hydrogen) atoms. The highest BCUT2D eigenvalue weighted by Crippen LogP contribution is 2.43. The van der Waals surface area contributed by atoms with Gasteiger partial charge in [0.2, 0.25) is 0 Å². The summed E-state index contributed by atoms with van der Waals surface area (Å²) in [6, 6.07) is 0.764. The quantitative estimate of drug-likeness (QED) is 0.420. The second-order valence-corrected chi connectivity index (χ2v) is 3.96. The molecular formula is C10H15NO2. The number of rotatable bonds is 0. The fraction of sp³-hybridized carbons (Fsp3) is 0.700. The van der Waals surface area contributed by atoms with Crippen LogP contribution in [0.1, 0.15) is 13.8 Å². The first-order valence-electron chi connectivity index (χ1n) is 4.71. The zero-order valence-electron chi connectivity index (χ0n) is 8.23. The summed E-state index contributed by atoms with van der Waals surface area (Å²) in [6.45, 7) is 4.28. The summed E-state index contributed by atoms with van der Waals surface area (Å²) < 4.78 is 4.72. The maximum atomic E-state index is 11.3. The van der Waals surface area contributed by atoms with Crippen LogP contribution >= 0.6 is 0 Å². The summed E-state index contributed by atoms with van der Waals surface area (Å²) in [5.74, 6) is 0.945. The van der Waals surface area contributed by atoms with Crippen LogP contribution in [-0.2, 0) is 4.74 Å². The monoisotopic (exact) mass is 181 g/mol. The average Bonchev–Trinajstić information content (AvgIpc) is 2.86. The standard InChI is InChI=1S/C10H15NO2/c1-6-4-5-7(2)9-8(6)11(9)10(12)13-3/h4-9H,1-3H3/t6-,7-,8-,9+,11?/m1/s1. The molecule has 0 N–H and O–H groups in total. The van der Waals surface area contributed by atoms with Gasteiger partial charge < -0.3 is 4.74 Å². The highest BCUT2D eigenvalue weighted by molar-refractivity contribution is 5.72. The Morgan fingerprint density at radius 1 is 1.23 bits per heavy atom. The van der Waals surface area contributed by atoms with Crippen molar-refractivity contribution in [2.24, 2.45) is 11.8 Å². The van der Waals surface area contributed by atoms with Crippen LogP contribution in [0.2, 0.25) is 0 Å². The summed E-state index contributed by atoms with van der Waals surface area (Å²) in [7, 11) is 1.44. The van der Waals surface area contributed by atoms with Crippen molar-refractivity contribution < 1.29 is 9.53 Å². The Bertz CT molecular complexity index is 244. The third-order valence-corrected chi connectivity index (χ3v) is 3.08. The second kappa shape index (κ2) is 2.76. The molecule has 3 heteroatoms. The molecule has 1 heterocycles. The lowest BCUT2D eigenvalue weighted by Gasteiger charge is -2.11. The summed E-state index contributed by atoms with van der Waals surface area (Å²) in [5, 5.41) is 0. The Labute approximate surface area is 78.4 Å². The van der Waals surface area contributed by atoms with Gasteiger partial charge in [0, 0.05) is 0 Å². The predicted molar refractivity (Wildman–Crippen MR) is 49.3 cm³/mol. The van der Waals surface area contributed by atoms with E-state index in [1.165, 1.54) is 7.11 Å². The number of amides is 1. The molecule has 72 valence electrons. The molecule has 0 aromatic carbocycles. The van der Waals surface area contributed by atoms with Crippen LogP contribution in [0.4, 0.5) is 4.79 Å². The number of hydrogen-bond donors (Lipinski definition) is 0. The lowest BCUT2D eigenvalue weighted by atomic mass is 9.91. The van der Waals surface area contributed by atoms with E-state index in [2.05, 4.69) is 26.0 Å². The third-order valence-electron chi connectivity index (χ3n) is 3.08. The molecule has 0 radical (unpaired) electrons. The number of fused-ring (bicyclic) bond motifs is 1. The Balaban J connectivity index is 2.11. The van der Waals surface area contributed by atoms with Crippen molar-refractivity contribution in [1.82, 2.24) is 4.90 Å². The topological polar surface area (TPSA) is 29.3 Å². The van der Waals surface area contributed by atoms with Crippen molar-refractivity contribution in [3.63, 3.8) is 0 Å². The molecule has 0 bridgehead atoms. The fourth-order valence-corrected chi connectivity index (χ4v) is 2.32. The van der Waals surface area contributed by atoms with Gasteiger partial charge in [-0.25, -0.2) is 4.79 Å². The Kier molecular flexibility index (Phi) is 1.82. The molecule has 4 atom stereocenters. The molecule has 2 rings (SSSR count). The van der Waals surface area contributed by atoms with Gasteiger partial charge in [0.15, 0.2) is 0 Å². The summed E-state index contributed by atoms with van der Waals surface area (Å²) in [4.78, 5) is 13.2. The van der Waals surface area contributed by atoms with E-state index in [1.54, 1.807) is 0 Å². The molecule has 1 aliphatic heterocycles. The second-order valence-electron chi connectivity index (χ2n) is 3.96. The number of methoxy groups -OCH3 is 1. The number of carbonyl (C=O) groups is 1. The van der Waals surface area contributed by atoms with Crippen molar-refractivity contribution in [2.75, 3.05) is 7.11 Å². The number of ether oxygens (including phenoxy) is 1. The first kappa shape index (κ1) is 8.60. The number of carbonyl (C=O) groups excluding carboxylic acids is 1. The molecule has 0 aromatic rings. The van der Waals surface area contributed by atoms with E-state index in [1.807, 2.05) is 4.90 Å². The van der Waals surface area contributed by atoms with E-state index >= 15 is 0 Å². The molecule has 0 unspecified atom stereocenters. The molecule has 1 aliphatic carbocycles. The molecule has 1 saturated heterocycles. The van der Waals surface area contributed by atoms with Gasteiger partial charge in [-0.2, -0.15) is 0 Å². The maximum absolute atomic E-state index is 11.3. The van der Waals surface area contributed by atoms with Gasteiger partial charge in [-0.05, 0) is 11.8 Å². The third kappa shape index (κ3) is 1.14. The number of nitrogens with zero attached hydrogens (tertiary/aromatic N) is 1. The molecule has 1 amide bonds. The normalized spacial score (nSPS) is 41.3. The minimum atomic E-state index is -0.183. The van der Waals surface area contributed by atoms with Gasteiger partial charge in [0.25, 0.3) is 0 Å². The maximum Gasteiger partial charge on any atom is 0.410 e. The van der Waals surface area contributed by atoms with Crippen LogP contribution in [0.3, 0.4) is 0 Å². The lowest BCUT2D eigenvalue weighted by molar-refractivity contribution is 0.148. The highest BCUT2D eigenvalue weighted by Gasteiger charge is 2.57. The van der Waals surface area contributed by atoms with Crippen LogP contribution in [0.5, 0.6) is 0 Å². The SMILES string of the molecule is COC(=O)N1[C@@H]2[C@H]1[C@H](C)C=C[C@H]2C. The van der Waals surface area contributed by atoms with Gasteiger partial charge in [-0.3, -0.25) is 4.90 Å². The zero-order valence-corrected chi connectivity index (χ0v) is 8.23. The molecular weight excluding hydrogens is 166 g/mol. The van der Waals surface area contributed by atoms with Gasteiger partial charge in [0.1, 0.15) is 0 Å². The van der Waals surface area contributed by atoms with E-state index in [0.717, 1.165) is 0 Å². The average molecular weight is 181 g/mol. The largest absolute Gasteiger partial charge is 0.453 e. The fourth-order valence-electron chi connectivity index (χ4n) is 2.32. The first-order chi connectivity index (χ1) is 6.16. The first-order valence-corrected chi connectivity index (χ1v) is 4.71. The van der Waals surface area contributed by atoms with E-state index in [0.29, 0.717) is 23.9 Å². The molecule has 2 aliphatic rings. The van der Waals surface area contributed by atoms with E-state index in [4.69, 9.17) is 4.74 Å². The Morgan fingerprint density at radius 3 is 2.08 bits per heavy atom. The molecule has 0 aromatic heterocycles. The Morgan fingerprint density at radius 2 is 1.69 bits per heavy atom. The molecule has 0 spiro atoms. The smallest absolute Gasteiger partial charge is 0.410 e. The van der Waals surface area contributed by atoms with Crippen LogP contribution in [0.15, 0.2) is 12.2 Å². The minimum absolute atomic E-state index is 0.183. The molecule has 0 saturated carbocycles. The zero-order chi connectivity index (χ0) is 9.59. The van der Waals surface area contributed by atoms with Crippen LogP contribution in [-0.4, -0.2) is 30.2 Å².